The van der Waals surface area contributed by atoms with Gasteiger partial charge in [-0.3, -0.25) is 9.89 Å². The van der Waals surface area contributed by atoms with Crippen LogP contribution in [0, 0.1) is 5.82 Å². The van der Waals surface area contributed by atoms with Gasteiger partial charge in [-0.15, -0.1) is 0 Å². The fourth-order valence-corrected chi connectivity index (χ4v) is 3.17. The van der Waals surface area contributed by atoms with Gasteiger partial charge in [-0.25, -0.2) is 9.18 Å². The van der Waals surface area contributed by atoms with Crippen molar-refractivity contribution in [2.24, 2.45) is 0 Å². The molecule has 0 radical (unpaired) electrons. The Morgan fingerprint density at radius 1 is 1.32 bits per heavy atom. The van der Waals surface area contributed by atoms with Gasteiger partial charge in [0.15, 0.2) is 5.69 Å². The topological polar surface area (TPSA) is 125 Å². The van der Waals surface area contributed by atoms with E-state index in [0.29, 0.717) is 18.5 Å². The molecular formula is C18H16FN5O4. The van der Waals surface area contributed by atoms with Crippen molar-refractivity contribution < 1.29 is 23.6 Å². The second-order valence-corrected chi connectivity index (χ2v) is 6.39. The first kappa shape index (κ1) is 17.8. The summed E-state index contributed by atoms with van der Waals surface area (Å²) in [4.78, 5) is 29.5. The Bertz CT molecular complexity index is 1040. The minimum atomic E-state index is -1.13. The highest BCUT2D eigenvalue weighted by atomic mass is 19.1. The Morgan fingerprint density at radius 2 is 2.14 bits per heavy atom. The summed E-state index contributed by atoms with van der Waals surface area (Å²) in [5.41, 5.74) is 1.45. The van der Waals surface area contributed by atoms with Crippen LogP contribution >= 0.6 is 0 Å². The molecule has 0 saturated heterocycles. The molecule has 1 amide bonds. The number of aromatic amines is 1. The van der Waals surface area contributed by atoms with E-state index in [1.54, 1.807) is 23.1 Å². The van der Waals surface area contributed by atoms with Crippen molar-refractivity contribution in [3.8, 4) is 11.4 Å². The van der Waals surface area contributed by atoms with Crippen molar-refractivity contribution in [1.29, 1.82) is 0 Å². The fourth-order valence-electron chi connectivity index (χ4n) is 3.17. The summed E-state index contributed by atoms with van der Waals surface area (Å²) in [5, 5.41) is 19.5. The van der Waals surface area contributed by atoms with Crippen molar-refractivity contribution in [1.82, 2.24) is 25.2 Å². The first-order valence-corrected chi connectivity index (χ1v) is 8.67. The number of carboxylic acids is 1. The molecule has 144 valence electrons. The number of amides is 1. The number of aryl methyl sites for hydroxylation is 1. The number of aromatic nitrogens is 4. The number of carboxylic acid groups (broad SMARTS) is 1. The number of benzene rings is 1. The smallest absolute Gasteiger partial charge is 0.356 e. The molecule has 1 aliphatic heterocycles. The van der Waals surface area contributed by atoms with E-state index in [9.17, 15) is 19.1 Å². The van der Waals surface area contributed by atoms with Crippen LogP contribution in [0.4, 0.5) is 4.39 Å². The van der Waals surface area contributed by atoms with Gasteiger partial charge in [-0.1, -0.05) is 17.3 Å². The zero-order valence-corrected chi connectivity index (χ0v) is 14.7. The fraction of sp³-hybridized carbons (Fsp3) is 0.278. The first-order chi connectivity index (χ1) is 13.5. The van der Waals surface area contributed by atoms with Crippen LogP contribution < -0.4 is 0 Å². The molecule has 3 aromatic rings. The van der Waals surface area contributed by atoms with Gasteiger partial charge in [0.25, 0.3) is 0 Å². The zero-order valence-electron chi connectivity index (χ0n) is 14.7. The average Bonchev–Trinajstić information content (AvgIpc) is 3.33. The molecule has 0 atom stereocenters. The molecule has 0 aliphatic carbocycles. The first-order valence-electron chi connectivity index (χ1n) is 8.67. The van der Waals surface area contributed by atoms with Crippen LogP contribution in [0.3, 0.4) is 0 Å². The highest BCUT2D eigenvalue weighted by molar-refractivity contribution is 5.87. The highest BCUT2D eigenvalue weighted by Gasteiger charge is 2.27. The lowest BCUT2D eigenvalue weighted by molar-refractivity contribution is -0.132. The van der Waals surface area contributed by atoms with Crippen molar-refractivity contribution in [2.45, 2.75) is 25.8 Å². The molecule has 9 nitrogen and oxygen atoms in total. The number of carbonyl (C=O) groups excluding carboxylic acids is 1. The second-order valence-electron chi connectivity index (χ2n) is 6.39. The number of halogens is 1. The normalized spacial score (nSPS) is 13.4. The summed E-state index contributed by atoms with van der Waals surface area (Å²) in [7, 11) is 0. The summed E-state index contributed by atoms with van der Waals surface area (Å²) in [6.45, 7) is 0.661. The monoisotopic (exact) mass is 385 g/mol. The minimum absolute atomic E-state index is 0.0565. The average molecular weight is 385 g/mol. The maximum atomic E-state index is 13.8. The Hall–Kier alpha value is -3.56. The lowest BCUT2D eigenvalue weighted by Crippen LogP contribution is -2.36. The summed E-state index contributed by atoms with van der Waals surface area (Å²) in [6, 6.07) is 6.09. The predicted molar refractivity (Wildman–Crippen MR) is 92.7 cm³/mol. The summed E-state index contributed by atoms with van der Waals surface area (Å²) >= 11 is 0. The van der Waals surface area contributed by atoms with Crippen LogP contribution in [0.5, 0.6) is 0 Å². The maximum absolute atomic E-state index is 13.8. The van der Waals surface area contributed by atoms with E-state index in [4.69, 9.17) is 4.52 Å². The summed E-state index contributed by atoms with van der Waals surface area (Å²) in [6.07, 6.45) is 0.842. The number of hydrogen-bond acceptors (Lipinski definition) is 6. The number of fused-ring (bicyclic) bond motifs is 1. The molecule has 0 bridgehead atoms. The third-order valence-electron chi connectivity index (χ3n) is 4.62. The molecule has 0 spiro atoms. The van der Waals surface area contributed by atoms with Crippen LogP contribution in [0.25, 0.3) is 11.4 Å². The van der Waals surface area contributed by atoms with E-state index < -0.39 is 11.8 Å². The molecule has 2 N–H and O–H groups in total. The van der Waals surface area contributed by atoms with Gasteiger partial charge in [-0.2, -0.15) is 10.1 Å². The molecular weight excluding hydrogens is 369 g/mol. The van der Waals surface area contributed by atoms with E-state index in [-0.39, 0.29) is 48.3 Å². The van der Waals surface area contributed by atoms with Crippen LogP contribution in [0.1, 0.15) is 34.1 Å². The summed E-state index contributed by atoms with van der Waals surface area (Å²) in [5.74, 6) is -1.37. The Morgan fingerprint density at radius 3 is 2.93 bits per heavy atom. The standard InChI is InChI=1S/C18H16FN5O4/c19-12-4-2-1-3-10(12)17-20-14(28-23-17)5-6-15(25)24-8-7-13-11(9-24)16(18(26)27)22-21-13/h1-4H,5-9H2,(H,21,22)(H,26,27). The van der Waals surface area contributed by atoms with Crippen molar-refractivity contribution in [3.63, 3.8) is 0 Å². The van der Waals surface area contributed by atoms with Gasteiger partial charge in [0, 0.05) is 43.6 Å². The van der Waals surface area contributed by atoms with Gasteiger partial charge >= 0.3 is 5.97 Å². The third kappa shape index (κ3) is 3.36. The molecule has 0 saturated carbocycles. The quantitative estimate of drug-likeness (QED) is 0.686. The van der Waals surface area contributed by atoms with E-state index in [0.717, 1.165) is 5.69 Å². The van der Waals surface area contributed by atoms with E-state index in [2.05, 4.69) is 20.3 Å². The van der Waals surface area contributed by atoms with Crippen LogP contribution in [0.15, 0.2) is 28.8 Å². The molecule has 0 fully saturated rings. The number of hydrogen-bond donors (Lipinski definition) is 2. The predicted octanol–water partition coefficient (Wildman–Crippen LogP) is 1.81. The van der Waals surface area contributed by atoms with Gasteiger partial charge in [0.2, 0.25) is 17.6 Å². The summed E-state index contributed by atoms with van der Waals surface area (Å²) < 4.78 is 18.9. The van der Waals surface area contributed by atoms with Crippen LogP contribution in [-0.4, -0.2) is 48.8 Å². The van der Waals surface area contributed by atoms with Crippen LogP contribution in [-0.2, 0) is 24.2 Å². The van der Waals surface area contributed by atoms with Gasteiger partial charge < -0.3 is 14.5 Å². The van der Waals surface area contributed by atoms with Crippen molar-refractivity contribution in [2.75, 3.05) is 6.54 Å². The van der Waals surface area contributed by atoms with E-state index >= 15 is 0 Å². The number of H-pyrrole nitrogens is 1. The lowest BCUT2D eigenvalue weighted by atomic mass is 10.0. The van der Waals surface area contributed by atoms with E-state index in [1.807, 2.05) is 0 Å². The molecule has 0 unspecified atom stereocenters. The Kier molecular flexibility index (Phi) is 4.60. The SMILES string of the molecule is O=C(O)c1n[nH]c2c1CN(C(=O)CCc1nc(-c3ccccc3F)no1)CC2. The molecule has 10 heteroatoms. The third-order valence-corrected chi connectivity index (χ3v) is 4.62. The number of rotatable bonds is 5. The van der Waals surface area contributed by atoms with Gasteiger partial charge in [0.1, 0.15) is 5.82 Å². The zero-order chi connectivity index (χ0) is 19.7. The number of nitrogens with zero attached hydrogens (tertiary/aromatic N) is 4. The highest BCUT2D eigenvalue weighted by Crippen LogP contribution is 2.22. The van der Waals surface area contributed by atoms with Gasteiger partial charge in [0.05, 0.1) is 5.56 Å². The molecule has 1 aromatic carbocycles. The lowest BCUT2D eigenvalue weighted by Gasteiger charge is -2.26. The molecule has 3 heterocycles. The second kappa shape index (κ2) is 7.22. The molecule has 4 rings (SSSR count). The van der Waals surface area contributed by atoms with E-state index in [1.165, 1.54) is 6.07 Å². The largest absolute Gasteiger partial charge is 0.476 e. The molecule has 28 heavy (non-hydrogen) atoms. The Labute approximate surface area is 158 Å². The van der Waals surface area contributed by atoms with Crippen LogP contribution in [0.2, 0.25) is 0 Å². The number of carbonyl (C=O) groups is 2. The number of nitrogens with one attached hydrogen (secondary N) is 1. The van der Waals surface area contributed by atoms with Gasteiger partial charge in [-0.05, 0) is 12.1 Å². The van der Waals surface area contributed by atoms with Crippen molar-refractivity contribution in [3.05, 3.63) is 52.9 Å². The molecule has 1 aliphatic rings. The van der Waals surface area contributed by atoms with Crippen molar-refractivity contribution >= 4 is 11.9 Å². The maximum Gasteiger partial charge on any atom is 0.356 e. The minimum Gasteiger partial charge on any atom is -0.476 e. The molecule has 2 aromatic heterocycles. The Balaban J connectivity index is 1.40. The number of aromatic carboxylic acids is 1.